The van der Waals surface area contributed by atoms with Gasteiger partial charge < -0.3 is 4.42 Å². The van der Waals surface area contributed by atoms with Crippen LogP contribution in [-0.2, 0) is 0 Å². The van der Waals surface area contributed by atoms with Gasteiger partial charge in [0.25, 0.3) is 0 Å². The molecule has 0 fully saturated rings. The van der Waals surface area contributed by atoms with E-state index < -0.39 is 0 Å². The van der Waals surface area contributed by atoms with Gasteiger partial charge in [-0.25, -0.2) is 0 Å². The number of allylic oxidation sites excluding steroid dienone is 3. The van der Waals surface area contributed by atoms with E-state index in [1.54, 1.807) is 6.20 Å². The van der Waals surface area contributed by atoms with Crippen molar-refractivity contribution in [1.29, 1.82) is 5.26 Å². The Kier molecular flexibility index (Phi) is 6.66. The van der Waals surface area contributed by atoms with E-state index in [0.29, 0.717) is 5.56 Å². The number of fused-ring (bicyclic) bond motifs is 3. The predicted molar refractivity (Wildman–Crippen MR) is 167 cm³/mol. The molecule has 0 saturated heterocycles. The third-order valence-corrected chi connectivity index (χ3v) is 7.17. The smallest absolute Gasteiger partial charge is 0.143 e. The molecule has 0 aliphatic carbocycles. The summed E-state index contributed by atoms with van der Waals surface area (Å²) in [5.74, 6) is 0. The van der Waals surface area contributed by atoms with E-state index in [-0.39, 0.29) is 0 Å². The lowest BCUT2D eigenvalue weighted by atomic mass is 9.97. The zero-order valence-electron chi connectivity index (χ0n) is 22.1. The number of hydrogen-bond acceptors (Lipinski definition) is 3. The van der Waals surface area contributed by atoms with E-state index in [1.165, 1.54) is 0 Å². The number of rotatable bonds is 6. The molecule has 40 heavy (non-hydrogen) atoms. The SMILES string of the molecule is C=N/C=C(\C=C/C)c1ccc(-c2cccc3c2oc2c(-c4ccc(-c5ccc(C#N)cc5)cc4)cccc23)cc1. The minimum atomic E-state index is 0.660. The highest BCUT2D eigenvalue weighted by atomic mass is 16.3. The molecule has 0 radical (unpaired) electrons. The minimum Gasteiger partial charge on any atom is -0.455 e. The number of hydrogen-bond donors (Lipinski definition) is 0. The lowest BCUT2D eigenvalue weighted by Gasteiger charge is -2.06. The highest BCUT2D eigenvalue weighted by molar-refractivity contribution is 6.13. The molecule has 1 heterocycles. The monoisotopic (exact) mass is 514 g/mol. The molecule has 0 N–H and O–H groups in total. The molecule has 5 aromatic carbocycles. The molecule has 0 unspecified atom stereocenters. The number of nitrogens with zero attached hydrogens (tertiary/aromatic N) is 2. The zero-order valence-corrected chi connectivity index (χ0v) is 22.1. The van der Waals surface area contributed by atoms with Crippen molar-refractivity contribution in [2.24, 2.45) is 4.99 Å². The summed E-state index contributed by atoms with van der Waals surface area (Å²) < 4.78 is 6.64. The molecule has 6 rings (SSSR count). The quantitative estimate of drug-likeness (QED) is 0.164. The summed E-state index contributed by atoms with van der Waals surface area (Å²) in [6.45, 7) is 5.59. The summed E-state index contributed by atoms with van der Waals surface area (Å²) in [6, 6.07) is 39.4. The van der Waals surface area contributed by atoms with Crippen LogP contribution in [0.15, 0.2) is 137 Å². The molecule has 6 aromatic rings. The fourth-order valence-electron chi connectivity index (χ4n) is 5.19. The fourth-order valence-corrected chi connectivity index (χ4v) is 5.19. The first kappa shape index (κ1) is 24.9. The molecule has 0 bridgehead atoms. The van der Waals surface area contributed by atoms with Crippen molar-refractivity contribution in [2.75, 3.05) is 0 Å². The molecule has 190 valence electrons. The molecule has 3 heteroatoms. The summed E-state index contributed by atoms with van der Waals surface area (Å²) in [6.07, 6.45) is 5.80. The lowest BCUT2D eigenvalue weighted by Crippen LogP contribution is -1.83. The van der Waals surface area contributed by atoms with Crippen molar-refractivity contribution < 1.29 is 4.42 Å². The average Bonchev–Trinajstić information content (AvgIpc) is 3.40. The second-order valence-corrected chi connectivity index (χ2v) is 9.58. The van der Waals surface area contributed by atoms with Crippen LogP contribution in [0, 0.1) is 11.3 Å². The van der Waals surface area contributed by atoms with Gasteiger partial charge in [0.15, 0.2) is 0 Å². The van der Waals surface area contributed by atoms with Crippen molar-refractivity contribution in [3.63, 3.8) is 0 Å². The Morgan fingerprint density at radius 2 is 1.20 bits per heavy atom. The Morgan fingerprint density at radius 3 is 1.70 bits per heavy atom. The zero-order chi connectivity index (χ0) is 27.5. The van der Waals surface area contributed by atoms with Crippen LogP contribution in [0.5, 0.6) is 0 Å². The molecule has 0 amide bonds. The van der Waals surface area contributed by atoms with Crippen molar-refractivity contribution in [3.8, 4) is 39.4 Å². The number of para-hydroxylation sites is 2. The van der Waals surface area contributed by atoms with E-state index in [1.807, 2.05) is 43.3 Å². The van der Waals surface area contributed by atoms with E-state index in [9.17, 15) is 0 Å². The van der Waals surface area contributed by atoms with Crippen molar-refractivity contribution >= 4 is 34.2 Å². The van der Waals surface area contributed by atoms with Gasteiger partial charge in [-0.1, -0.05) is 109 Å². The Balaban J connectivity index is 1.40. The van der Waals surface area contributed by atoms with Crippen LogP contribution in [0.2, 0.25) is 0 Å². The molecule has 0 aliphatic heterocycles. The third kappa shape index (κ3) is 4.53. The molecule has 3 nitrogen and oxygen atoms in total. The largest absolute Gasteiger partial charge is 0.455 e. The highest BCUT2D eigenvalue weighted by Crippen LogP contribution is 2.40. The Morgan fingerprint density at radius 1 is 0.700 bits per heavy atom. The first-order valence-electron chi connectivity index (χ1n) is 13.1. The molecular weight excluding hydrogens is 488 g/mol. The number of nitriles is 1. The maximum atomic E-state index is 9.08. The number of benzene rings is 5. The summed E-state index contributed by atoms with van der Waals surface area (Å²) >= 11 is 0. The van der Waals surface area contributed by atoms with Gasteiger partial charge in [0.1, 0.15) is 11.2 Å². The molecule has 0 atom stereocenters. The van der Waals surface area contributed by atoms with Gasteiger partial charge >= 0.3 is 0 Å². The van der Waals surface area contributed by atoms with Gasteiger partial charge in [-0.15, -0.1) is 0 Å². The molecular formula is C37H26N2O. The standard InChI is InChI=1S/C37H26N2O/c1-3-6-31(24-39-2)28-17-21-30(22-18-28)33-8-5-10-35-34-9-4-7-32(36(34)40-37(33)35)29-19-15-27(16-20-29)26-13-11-25(23-38)12-14-26/h3-22,24H,2H2,1H3/b6-3-,31-24+. The first-order valence-corrected chi connectivity index (χ1v) is 13.1. The van der Waals surface area contributed by atoms with Crippen LogP contribution in [0.3, 0.4) is 0 Å². The van der Waals surface area contributed by atoms with Gasteiger partial charge in [-0.3, -0.25) is 4.99 Å². The first-order chi connectivity index (χ1) is 19.7. The van der Waals surface area contributed by atoms with Crippen molar-refractivity contribution in [3.05, 3.63) is 139 Å². The minimum absolute atomic E-state index is 0.660. The topological polar surface area (TPSA) is 49.3 Å². The van der Waals surface area contributed by atoms with Gasteiger partial charge in [0.05, 0.1) is 11.6 Å². The van der Waals surface area contributed by atoms with Gasteiger partial charge in [-0.2, -0.15) is 5.26 Å². The van der Waals surface area contributed by atoms with Crippen LogP contribution in [-0.4, -0.2) is 6.72 Å². The average molecular weight is 515 g/mol. The second-order valence-electron chi connectivity index (χ2n) is 9.58. The Labute approximate surface area is 233 Å². The van der Waals surface area contributed by atoms with Crippen LogP contribution < -0.4 is 0 Å². The van der Waals surface area contributed by atoms with Gasteiger partial charge in [-0.05, 0) is 59.2 Å². The van der Waals surface area contributed by atoms with Gasteiger partial charge in [0.2, 0.25) is 0 Å². The molecule has 1 aromatic heterocycles. The normalized spacial score (nSPS) is 11.8. The summed E-state index contributed by atoms with van der Waals surface area (Å²) in [5.41, 5.74) is 11.0. The Bertz CT molecular complexity index is 1950. The van der Waals surface area contributed by atoms with E-state index in [0.717, 1.165) is 66.5 Å². The van der Waals surface area contributed by atoms with Crippen LogP contribution in [0.4, 0.5) is 0 Å². The third-order valence-electron chi connectivity index (χ3n) is 7.17. The fraction of sp³-hybridized carbons (Fsp3) is 0.0270. The van der Waals surface area contributed by atoms with Crippen molar-refractivity contribution in [2.45, 2.75) is 6.92 Å². The van der Waals surface area contributed by atoms with Crippen LogP contribution in [0.1, 0.15) is 18.1 Å². The summed E-state index contributed by atoms with van der Waals surface area (Å²) in [4.78, 5) is 3.95. The van der Waals surface area contributed by atoms with Crippen molar-refractivity contribution in [1.82, 2.24) is 0 Å². The summed E-state index contributed by atoms with van der Waals surface area (Å²) in [7, 11) is 0. The number of aliphatic imine (C=N–C) groups is 1. The highest BCUT2D eigenvalue weighted by Gasteiger charge is 2.15. The summed E-state index contributed by atoms with van der Waals surface area (Å²) in [5, 5.41) is 11.3. The molecule has 0 saturated carbocycles. The second kappa shape index (κ2) is 10.7. The van der Waals surface area contributed by atoms with Crippen LogP contribution >= 0.6 is 0 Å². The lowest BCUT2D eigenvalue weighted by molar-refractivity contribution is 0.671. The predicted octanol–water partition coefficient (Wildman–Crippen LogP) is 10.1. The molecule has 0 aliphatic rings. The molecule has 0 spiro atoms. The van der Waals surface area contributed by atoms with E-state index in [2.05, 4.69) is 103 Å². The Hall–Kier alpha value is -5.46. The van der Waals surface area contributed by atoms with Gasteiger partial charge in [0, 0.05) is 28.1 Å². The van der Waals surface area contributed by atoms with E-state index >= 15 is 0 Å². The van der Waals surface area contributed by atoms with Crippen LogP contribution in [0.25, 0.3) is 60.9 Å². The maximum Gasteiger partial charge on any atom is 0.143 e. The van der Waals surface area contributed by atoms with E-state index in [4.69, 9.17) is 9.68 Å². The number of furan rings is 1. The maximum absolute atomic E-state index is 9.08.